The van der Waals surface area contributed by atoms with E-state index in [2.05, 4.69) is 30.8 Å². The monoisotopic (exact) mass is 187 g/mol. The Morgan fingerprint density at radius 2 is 2.07 bits per heavy atom. The van der Waals surface area contributed by atoms with Crippen LogP contribution in [0.4, 0.5) is 0 Å². The third-order valence-electron chi connectivity index (χ3n) is 1.94. The van der Waals surface area contributed by atoms with Gasteiger partial charge in [-0.1, -0.05) is 0 Å². The van der Waals surface area contributed by atoms with Crippen molar-refractivity contribution >= 4 is 11.5 Å². The molecule has 14 heavy (non-hydrogen) atoms. The van der Waals surface area contributed by atoms with Gasteiger partial charge in [-0.25, -0.2) is 0 Å². The Hall–Kier alpha value is -2.18. The topological polar surface area (TPSA) is 79.6 Å². The highest BCUT2D eigenvalue weighted by Crippen LogP contribution is 2.30. The first kappa shape index (κ1) is 7.25. The second-order valence-electron chi connectivity index (χ2n) is 2.91. The summed E-state index contributed by atoms with van der Waals surface area (Å²) in [5.41, 5.74) is 2.17. The van der Waals surface area contributed by atoms with Crippen LogP contribution in [0.3, 0.4) is 0 Å². The first-order chi connectivity index (χ1) is 6.84. The van der Waals surface area contributed by atoms with Crippen LogP contribution in [-0.4, -0.2) is 15.6 Å². The highest BCUT2D eigenvalue weighted by molar-refractivity contribution is 6.07. The van der Waals surface area contributed by atoms with E-state index in [0.717, 1.165) is 5.56 Å². The lowest BCUT2D eigenvalue weighted by Gasteiger charge is -1.90. The smallest absolute Gasteiger partial charge is 0.227 e. The molecule has 0 amide bonds. The maximum absolute atomic E-state index is 4.04. The Bertz CT molecular complexity index is 516. The molecule has 3 heterocycles. The van der Waals surface area contributed by atoms with E-state index in [9.17, 15) is 0 Å². The summed E-state index contributed by atoms with van der Waals surface area (Å²) in [6.45, 7) is 0. The zero-order chi connectivity index (χ0) is 9.54. The zero-order valence-corrected chi connectivity index (χ0v) is 7.29. The molecule has 0 saturated heterocycles. The quantitative estimate of drug-likeness (QED) is 0.653. The Balaban J connectivity index is 2.16. The van der Waals surface area contributed by atoms with Crippen LogP contribution < -0.4 is 0 Å². The first-order valence-corrected chi connectivity index (χ1v) is 3.99. The van der Waals surface area contributed by atoms with Crippen molar-refractivity contribution in [1.82, 2.24) is 9.78 Å². The SMILES string of the molecule is Cn1cc(C2=C3N=NN=C3N=N2)cn1. The van der Waals surface area contributed by atoms with E-state index in [1.54, 1.807) is 10.9 Å². The molecular weight excluding hydrogens is 182 g/mol. The first-order valence-electron chi connectivity index (χ1n) is 3.99. The van der Waals surface area contributed by atoms with Gasteiger partial charge in [-0.3, -0.25) is 4.68 Å². The molecule has 0 N–H and O–H groups in total. The Morgan fingerprint density at radius 3 is 2.86 bits per heavy atom. The van der Waals surface area contributed by atoms with Gasteiger partial charge in [0.1, 0.15) is 5.70 Å². The average molecular weight is 187 g/mol. The van der Waals surface area contributed by atoms with Crippen molar-refractivity contribution in [2.45, 2.75) is 0 Å². The predicted molar refractivity (Wildman–Crippen MR) is 47.3 cm³/mol. The van der Waals surface area contributed by atoms with Crippen LogP contribution in [0.2, 0.25) is 0 Å². The summed E-state index contributed by atoms with van der Waals surface area (Å²) in [6.07, 6.45) is 3.55. The minimum atomic E-state index is 0.476. The summed E-state index contributed by atoms with van der Waals surface area (Å²) in [5.74, 6) is 0.476. The van der Waals surface area contributed by atoms with Gasteiger partial charge in [0.25, 0.3) is 0 Å². The maximum atomic E-state index is 4.04. The van der Waals surface area contributed by atoms with Crippen molar-refractivity contribution in [2.24, 2.45) is 32.7 Å². The van der Waals surface area contributed by atoms with Crippen LogP contribution >= 0.6 is 0 Å². The fraction of sp³-hybridized carbons (Fsp3) is 0.143. The Kier molecular flexibility index (Phi) is 1.25. The van der Waals surface area contributed by atoms with Crippen LogP contribution in [0.15, 0.2) is 43.8 Å². The van der Waals surface area contributed by atoms with Gasteiger partial charge >= 0.3 is 0 Å². The van der Waals surface area contributed by atoms with Crippen molar-refractivity contribution in [1.29, 1.82) is 0 Å². The van der Waals surface area contributed by atoms with E-state index in [1.165, 1.54) is 0 Å². The molecule has 0 spiro atoms. The van der Waals surface area contributed by atoms with Gasteiger partial charge in [0.05, 0.1) is 6.20 Å². The molecule has 0 aromatic carbocycles. The average Bonchev–Trinajstić information content (AvgIpc) is 2.77. The van der Waals surface area contributed by atoms with Crippen molar-refractivity contribution < 1.29 is 0 Å². The summed E-state index contributed by atoms with van der Waals surface area (Å²) in [5, 5.41) is 22.9. The third kappa shape index (κ3) is 0.859. The minimum Gasteiger partial charge on any atom is -0.275 e. The molecule has 0 bridgehead atoms. The van der Waals surface area contributed by atoms with E-state index < -0.39 is 0 Å². The van der Waals surface area contributed by atoms with E-state index in [0.29, 0.717) is 17.2 Å². The molecule has 0 radical (unpaired) electrons. The van der Waals surface area contributed by atoms with Gasteiger partial charge < -0.3 is 0 Å². The molecule has 68 valence electrons. The molecule has 2 aliphatic heterocycles. The normalized spacial score (nSPS) is 17.9. The van der Waals surface area contributed by atoms with E-state index in [1.807, 2.05) is 13.2 Å². The van der Waals surface area contributed by atoms with Crippen molar-refractivity contribution in [3.8, 4) is 0 Å². The number of rotatable bonds is 1. The molecule has 1 aromatic rings. The Labute approximate surface area is 78.6 Å². The number of nitrogens with zero attached hydrogens (tertiary/aromatic N) is 7. The number of aromatic nitrogens is 2. The molecule has 0 fully saturated rings. The molecule has 3 rings (SSSR count). The number of aryl methyl sites for hydroxylation is 1. The van der Waals surface area contributed by atoms with Gasteiger partial charge in [-0.2, -0.15) is 5.10 Å². The summed E-state index contributed by atoms with van der Waals surface area (Å²) < 4.78 is 1.69. The molecule has 7 nitrogen and oxygen atoms in total. The standard InChI is InChI=1S/C7H5N7/c1-14-3-4(2-8-14)5-6-7(11-9-5)12-13-10-6/h2-3H,1H3. The lowest BCUT2D eigenvalue weighted by molar-refractivity contribution is 0.767. The predicted octanol–water partition coefficient (Wildman–Crippen LogP) is 1.33. The number of azo groups is 1. The van der Waals surface area contributed by atoms with Gasteiger partial charge in [-0.15, -0.1) is 20.4 Å². The molecule has 0 aliphatic carbocycles. The molecule has 1 aromatic heterocycles. The molecule has 2 aliphatic rings. The molecular formula is C7H5N7. The summed E-state index contributed by atoms with van der Waals surface area (Å²) in [6, 6.07) is 0. The van der Waals surface area contributed by atoms with Gasteiger partial charge in [-0.05, 0) is 5.22 Å². The van der Waals surface area contributed by atoms with Crippen molar-refractivity contribution in [2.75, 3.05) is 0 Å². The molecule has 7 heteroatoms. The van der Waals surface area contributed by atoms with E-state index >= 15 is 0 Å². The van der Waals surface area contributed by atoms with Crippen molar-refractivity contribution in [3.63, 3.8) is 0 Å². The van der Waals surface area contributed by atoms with Crippen LogP contribution in [0, 0.1) is 0 Å². The van der Waals surface area contributed by atoms with E-state index in [-0.39, 0.29) is 0 Å². The highest BCUT2D eigenvalue weighted by atomic mass is 15.5. The summed E-state index contributed by atoms with van der Waals surface area (Å²) in [4.78, 5) is 0. The van der Waals surface area contributed by atoms with Gasteiger partial charge in [0.15, 0.2) is 5.70 Å². The van der Waals surface area contributed by atoms with Crippen LogP contribution in [0.5, 0.6) is 0 Å². The fourth-order valence-corrected chi connectivity index (χ4v) is 1.30. The van der Waals surface area contributed by atoms with Gasteiger partial charge in [0, 0.05) is 18.8 Å². The van der Waals surface area contributed by atoms with Gasteiger partial charge in [0.2, 0.25) is 5.84 Å². The van der Waals surface area contributed by atoms with Crippen molar-refractivity contribution in [3.05, 3.63) is 23.7 Å². The largest absolute Gasteiger partial charge is 0.275 e. The maximum Gasteiger partial charge on any atom is 0.227 e. The second kappa shape index (κ2) is 2.41. The molecule has 0 saturated carbocycles. The zero-order valence-electron chi connectivity index (χ0n) is 7.29. The third-order valence-corrected chi connectivity index (χ3v) is 1.94. The lowest BCUT2D eigenvalue weighted by Crippen LogP contribution is -1.88. The Morgan fingerprint density at radius 1 is 1.14 bits per heavy atom. The fourth-order valence-electron chi connectivity index (χ4n) is 1.30. The lowest BCUT2D eigenvalue weighted by atomic mass is 10.2. The number of fused-ring (bicyclic) bond motifs is 1. The molecule has 0 atom stereocenters. The van der Waals surface area contributed by atoms with Crippen LogP contribution in [-0.2, 0) is 7.05 Å². The summed E-state index contributed by atoms with van der Waals surface area (Å²) >= 11 is 0. The van der Waals surface area contributed by atoms with E-state index in [4.69, 9.17) is 0 Å². The second-order valence-corrected chi connectivity index (χ2v) is 2.91. The number of hydrogen-bond acceptors (Lipinski definition) is 6. The summed E-state index contributed by atoms with van der Waals surface area (Å²) in [7, 11) is 1.84. The van der Waals surface area contributed by atoms with Crippen LogP contribution in [0.1, 0.15) is 5.56 Å². The minimum absolute atomic E-state index is 0.476. The van der Waals surface area contributed by atoms with Crippen LogP contribution in [0.25, 0.3) is 5.70 Å². The molecule has 0 unspecified atom stereocenters. The highest BCUT2D eigenvalue weighted by Gasteiger charge is 2.24. The number of amidine groups is 1. The number of hydrogen-bond donors (Lipinski definition) is 0.